The van der Waals surface area contributed by atoms with E-state index in [-0.39, 0.29) is 0 Å². The molecule has 0 spiro atoms. The Morgan fingerprint density at radius 3 is 2.34 bits per heavy atom. The van der Waals surface area contributed by atoms with Crippen LogP contribution in [0.5, 0.6) is 0 Å². The molecule has 0 bridgehead atoms. The molecule has 0 aliphatic carbocycles. The molecule has 1 N–H and O–H groups in total. The maximum absolute atomic E-state index is 10.1. The first-order chi connectivity index (χ1) is 19.6. The van der Waals surface area contributed by atoms with E-state index in [1.165, 1.54) is 11.3 Å². The lowest BCUT2D eigenvalue weighted by Gasteiger charge is -2.41. The van der Waals surface area contributed by atoms with Gasteiger partial charge in [-0.25, -0.2) is 4.89 Å². The third kappa shape index (κ3) is 5.76. The van der Waals surface area contributed by atoms with Crippen molar-refractivity contribution in [2.75, 3.05) is 44.3 Å². The number of hydrogen-bond donors (Lipinski definition) is 1. The third-order valence-corrected chi connectivity index (χ3v) is 9.13. The van der Waals surface area contributed by atoms with Crippen LogP contribution < -0.4 is 4.90 Å². The second-order valence-electron chi connectivity index (χ2n) is 13.2. The van der Waals surface area contributed by atoms with E-state index >= 15 is 0 Å². The second kappa shape index (κ2) is 11.8. The van der Waals surface area contributed by atoms with E-state index in [0.29, 0.717) is 17.2 Å². The molecule has 0 saturated carbocycles. The van der Waals surface area contributed by atoms with Gasteiger partial charge >= 0.3 is 0 Å². The van der Waals surface area contributed by atoms with Gasteiger partial charge in [-0.1, -0.05) is 39.8 Å². The van der Waals surface area contributed by atoms with E-state index in [4.69, 9.17) is 14.0 Å². The number of rotatable bonds is 7. The van der Waals surface area contributed by atoms with Gasteiger partial charge in [-0.3, -0.25) is 10.2 Å². The van der Waals surface area contributed by atoms with Gasteiger partial charge in [0, 0.05) is 54.3 Å². The smallest absolute Gasteiger partial charge is 0.136 e. The van der Waals surface area contributed by atoms with E-state index < -0.39 is 16.9 Å². The highest BCUT2D eigenvalue weighted by molar-refractivity contribution is 5.85. The molecule has 7 nitrogen and oxygen atoms in total. The Morgan fingerprint density at radius 1 is 1.02 bits per heavy atom. The third-order valence-electron chi connectivity index (χ3n) is 9.13. The van der Waals surface area contributed by atoms with Crippen molar-refractivity contribution in [1.82, 2.24) is 4.90 Å². The number of furan rings is 1. The topological polar surface area (TPSA) is 82.1 Å². The highest BCUT2D eigenvalue weighted by Gasteiger charge is 2.40. The molecular weight excluding hydrogens is 514 g/mol. The number of aryl methyl sites for hydroxylation is 1. The van der Waals surface area contributed by atoms with Crippen molar-refractivity contribution in [3.63, 3.8) is 0 Å². The zero-order chi connectivity index (χ0) is 29.4. The van der Waals surface area contributed by atoms with Crippen molar-refractivity contribution >= 4 is 16.7 Å². The number of nitrogens with zero attached hydrogens (tertiary/aromatic N) is 3. The van der Waals surface area contributed by atoms with E-state index in [0.717, 1.165) is 80.9 Å². The molecule has 41 heavy (non-hydrogen) atoms. The highest BCUT2D eigenvalue weighted by atomic mass is 17.1. The van der Waals surface area contributed by atoms with Crippen molar-refractivity contribution in [2.45, 2.75) is 78.4 Å². The average molecular weight is 560 g/mol. The number of fused-ring (bicyclic) bond motifs is 1. The number of ether oxygens (including phenoxy) is 1. The summed E-state index contributed by atoms with van der Waals surface area (Å²) in [5.41, 5.74) is 4.86. The SMILES string of the molecule is CCc1ccc(C(C)(C)c2oc3cc(C#N)ccc3c2C(OO)C(C)(C)C)cc1N1CCC(N2CCOCC2)CC1. The van der Waals surface area contributed by atoms with Crippen LogP contribution in [-0.4, -0.2) is 55.6 Å². The molecule has 2 saturated heterocycles. The summed E-state index contributed by atoms with van der Waals surface area (Å²) in [5.74, 6) is 0.748. The molecule has 0 radical (unpaired) electrons. The highest BCUT2D eigenvalue weighted by Crippen LogP contribution is 2.48. The van der Waals surface area contributed by atoms with Gasteiger partial charge in [-0.05, 0) is 73.9 Å². The Kier molecular flexibility index (Phi) is 8.50. The minimum absolute atomic E-state index is 0.396. The van der Waals surface area contributed by atoms with Crippen LogP contribution in [0.4, 0.5) is 5.69 Å². The van der Waals surface area contributed by atoms with Gasteiger partial charge in [-0.2, -0.15) is 5.26 Å². The maximum atomic E-state index is 10.1. The summed E-state index contributed by atoms with van der Waals surface area (Å²) in [6.07, 6.45) is 2.68. The summed E-state index contributed by atoms with van der Waals surface area (Å²) in [4.78, 5) is 10.3. The van der Waals surface area contributed by atoms with Crippen LogP contribution in [0, 0.1) is 16.7 Å². The van der Waals surface area contributed by atoms with Gasteiger partial charge in [0.15, 0.2) is 0 Å². The molecule has 2 fully saturated rings. The normalized spacial score (nSPS) is 18.5. The van der Waals surface area contributed by atoms with Gasteiger partial charge in [0.25, 0.3) is 0 Å². The molecule has 220 valence electrons. The first kappa shape index (κ1) is 29.6. The number of benzene rings is 2. The molecule has 7 heteroatoms. The van der Waals surface area contributed by atoms with Gasteiger partial charge < -0.3 is 14.1 Å². The van der Waals surface area contributed by atoms with E-state index in [1.807, 2.05) is 26.8 Å². The standard InChI is InChI=1S/C34H45N3O4/c1-7-24-9-10-25(21-28(24)37-14-12-26(13-15-37)36-16-18-39-19-17-36)34(5,6)32-30(31(41-38)33(2,3)4)27-11-8-23(22-35)20-29(27)40-32/h8-11,20-21,26,31,38H,7,12-19H2,1-6H3. The molecule has 5 rings (SSSR count). The first-order valence-corrected chi connectivity index (χ1v) is 15.1. The molecule has 1 atom stereocenters. The van der Waals surface area contributed by atoms with Crippen LogP contribution >= 0.6 is 0 Å². The first-order valence-electron chi connectivity index (χ1n) is 15.1. The fraction of sp³-hybridized carbons (Fsp3) is 0.559. The number of nitriles is 1. The van der Waals surface area contributed by atoms with E-state index in [9.17, 15) is 10.5 Å². The lowest BCUT2D eigenvalue weighted by atomic mass is 9.75. The maximum Gasteiger partial charge on any atom is 0.136 e. The zero-order valence-corrected chi connectivity index (χ0v) is 25.5. The second-order valence-corrected chi connectivity index (χ2v) is 13.2. The fourth-order valence-electron chi connectivity index (χ4n) is 6.65. The quantitative estimate of drug-likeness (QED) is 0.245. The number of morpholine rings is 1. The van der Waals surface area contributed by atoms with Crippen molar-refractivity contribution in [3.8, 4) is 6.07 Å². The predicted molar refractivity (Wildman–Crippen MR) is 162 cm³/mol. The van der Waals surface area contributed by atoms with Crippen LogP contribution in [0.3, 0.4) is 0 Å². The molecule has 2 aromatic carbocycles. The summed E-state index contributed by atoms with van der Waals surface area (Å²) in [5, 5.41) is 20.5. The molecule has 0 amide bonds. The molecule has 1 aromatic heterocycles. The van der Waals surface area contributed by atoms with Gasteiger partial charge in [0.2, 0.25) is 0 Å². The lowest BCUT2D eigenvalue weighted by molar-refractivity contribution is -0.303. The van der Waals surface area contributed by atoms with Crippen molar-refractivity contribution in [1.29, 1.82) is 5.26 Å². The van der Waals surface area contributed by atoms with E-state index in [1.54, 1.807) is 12.1 Å². The average Bonchev–Trinajstić information content (AvgIpc) is 3.36. The lowest BCUT2D eigenvalue weighted by Crippen LogP contribution is -2.49. The number of piperidine rings is 1. The van der Waals surface area contributed by atoms with Crippen LogP contribution in [0.1, 0.15) is 88.5 Å². The summed E-state index contributed by atoms with van der Waals surface area (Å²) in [7, 11) is 0. The van der Waals surface area contributed by atoms with Gasteiger partial charge in [-0.15, -0.1) is 0 Å². The summed E-state index contributed by atoms with van der Waals surface area (Å²) in [6, 6.07) is 15.2. The van der Waals surface area contributed by atoms with Crippen molar-refractivity contribution in [3.05, 3.63) is 64.4 Å². The van der Waals surface area contributed by atoms with Gasteiger partial charge in [0.1, 0.15) is 17.4 Å². The van der Waals surface area contributed by atoms with E-state index in [2.05, 4.69) is 54.8 Å². The minimum Gasteiger partial charge on any atom is -0.460 e. The fourth-order valence-corrected chi connectivity index (χ4v) is 6.65. The minimum atomic E-state index is -0.612. The Balaban J connectivity index is 1.53. The monoisotopic (exact) mass is 559 g/mol. The molecule has 3 heterocycles. The van der Waals surface area contributed by atoms with Gasteiger partial charge in [0.05, 0.1) is 24.8 Å². The molecule has 2 aliphatic rings. The predicted octanol–water partition coefficient (Wildman–Crippen LogP) is 7.07. The summed E-state index contributed by atoms with van der Waals surface area (Å²) < 4.78 is 12.2. The van der Waals surface area contributed by atoms with Crippen molar-refractivity contribution in [2.24, 2.45) is 5.41 Å². The van der Waals surface area contributed by atoms with Crippen LogP contribution in [0.15, 0.2) is 40.8 Å². The Labute approximate surface area is 244 Å². The van der Waals surface area contributed by atoms with Crippen molar-refractivity contribution < 1.29 is 19.3 Å². The van der Waals surface area contributed by atoms with Crippen LogP contribution in [0.2, 0.25) is 0 Å². The number of anilines is 1. The Hall–Kier alpha value is -2.89. The summed E-state index contributed by atoms with van der Waals surface area (Å²) in [6.45, 7) is 18.5. The number of hydrogen-bond acceptors (Lipinski definition) is 7. The molecule has 3 aromatic rings. The van der Waals surface area contributed by atoms with Crippen LogP contribution in [0.25, 0.3) is 11.0 Å². The Morgan fingerprint density at radius 2 is 1.73 bits per heavy atom. The molecule has 2 aliphatic heterocycles. The molecule has 1 unspecified atom stereocenters. The Bertz CT molecular complexity index is 1400. The zero-order valence-electron chi connectivity index (χ0n) is 25.5. The largest absolute Gasteiger partial charge is 0.460 e. The summed E-state index contributed by atoms with van der Waals surface area (Å²) >= 11 is 0. The van der Waals surface area contributed by atoms with Crippen LogP contribution in [-0.2, 0) is 21.5 Å². The molecular formula is C34H45N3O4.